The molecule has 0 unspecified atom stereocenters. The van der Waals surface area contributed by atoms with Crippen LogP contribution >= 0.6 is 15.9 Å². The molecule has 2 saturated heterocycles. The van der Waals surface area contributed by atoms with Gasteiger partial charge < -0.3 is 10.2 Å². The first-order valence-corrected chi connectivity index (χ1v) is 10.1. The maximum atomic E-state index is 12.5. The zero-order chi connectivity index (χ0) is 18.5. The van der Waals surface area contributed by atoms with Crippen LogP contribution in [0.15, 0.2) is 28.7 Å². The van der Waals surface area contributed by atoms with E-state index in [4.69, 9.17) is 0 Å². The second kappa shape index (κ2) is 8.97. The van der Waals surface area contributed by atoms with Gasteiger partial charge in [-0.3, -0.25) is 19.4 Å². The summed E-state index contributed by atoms with van der Waals surface area (Å²) in [5.41, 5.74) is 0.805. The molecule has 26 heavy (non-hydrogen) atoms. The van der Waals surface area contributed by atoms with Crippen LogP contribution in [0.4, 0.5) is 5.69 Å². The smallest absolute Gasteiger partial charge is 0.241 e. The fourth-order valence-electron chi connectivity index (χ4n) is 3.51. The van der Waals surface area contributed by atoms with Crippen molar-refractivity contribution in [3.8, 4) is 0 Å². The summed E-state index contributed by atoms with van der Waals surface area (Å²) < 4.78 is 0.989. The Kier molecular flexibility index (Phi) is 6.67. The second-order valence-corrected chi connectivity index (χ2v) is 7.99. The number of amides is 2. The Morgan fingerprint density at radius 3 is 2.27 bits per heavy atom. The molecular weight excluding hydrogens is 396 g/mol. The number of hydrogen-bond donors (Lipinski definition) is 1. The van der Waals surface area contributed by atoms with Gasteiger partial charge in [0.25, 0.3) is 0 Å². The standard InChI is InChI=1S/C19H27BrN4O2/c1-15(19(26)21-17-6-4-16(20)5-7-17)23-12-10-22(11-13-23)14-18(25)24-8-2-3-9-24/h4-7,15H,2-3,8-14H2,1H3,(H,21,26)/t15-/m1/s1. The Morgan fingerprint density at radius 1 is 1.04 bits per heavy atom. The number of halogens is 1. The van der Waals surface area contributed by atoms with E-state index in [1.807, 2.05) is 36.1 Å². The summed E-state index contributed by atoms with van der Waals surface area (Å²) >= 11 is 3.39. The molecule has 0 aromatic heterocycles. The molecule has 1 aromatic carbocycles. The van der Waals surface area contributed by atoms with Crippen LogP contribution in [0, 0.1) is 0 Å². The van der Waals surface area contributed by atoms with Crippen LogP contribution in [0.3, 0.4) is 0 Å². The van der Waals surface area contributed by atoms with Crippen molar-refractivity contribution in [2.24, 2.45) is 0 Å². The molecule has 142 valence electrons. The van der Waals surface area contributed by atoms with Gasteiger partial charge >= 0.3 is 0 Å². The molecule has 0 spiro atoms. The number of rotatable bonds is 5. The fourth-order valence-corrected chi connectivity index (χ4v) is 3.78. The van der Waals surface area contributed by atoms with E-state index in [1.165, 1.54) is 0 Å². The van der Waals surface area contributed by atoms with Crippen LogP contribution in [0.1, 0.15) is 19.8 Å². The zero-order valence-electron chi connectivity index (χ0n) is 15.3. The highest BCUT2D eigenvalue weighted by Gasteiger charge is 2.27. The van der Waals surface area contributed by atoms with E-state index < -0.39 is 0 Å². The maximum Gasteiger partial charge on any atom is 0.241 e. The molecule has 7 heteroatoms. The Hall–Kier alpha value is -1.44. The van der Waals surface area contributed by atoms with Crippen LogP contribution in [0.25, 0.3) is 0 Å². The third-order valence-electron chi connectivity index (χ3n) is 5.26. The monoisotopic (exact) mass is 422 g/mol. The number of benzene rings is 1. The first kappa shape index (κ1) is 19.3. The largest absolute Gasteiger partial charge is 0.342 e. The predicted octanol–water partition coefficient (Wildman–Crippen LogP) is 2.02. The molecule has 0 radical (unpaired) electrons. The summed E-state index contributed by atoms with van der Waals surface area (Å²) in [6, 6.07) is 7.41. The highest BCUT2D eigenvalue weighted by molar-refractivity contribution is 9.10. The van der Waals surface area contributed by atoms with Crippen LogP contribution in [-0.2, 0) is 9.59 Å². The lowest BCUT2D eigenvalue weighted by Gasteiger charge is -2.37. The van der Waals surface area contributed by atoms with Crippen molar-refractivity contribution in [1.82, 2.24) is 14.7 Å². The number of nitrogens with one attached hydrogen (secondary N) is 1. The Labute approximate surface area is 163 Å². The van der Waals surface area contributed by atoms with Crippen LogP contribution in [0.5, 0.6) is 0 Å². The van der Waals surface area contributed by atoms with E-state index in [0.29, 0.717) is 6.54 Å². The van der Waals surface area contributed by atoms with E-state index in [-0.39, 0.29) is 17.9 Å². The van der Waals surface area contributed by atoms with E-state index >= 15 is 0 Å². The zero-order valence-corrected chi connectivity index (χ0v) is 16.9. The molecule has 0 aliphatic carbocycles. The summed E-state index contributed by atoms with van der Waals surface area (Å²) in [5.74, 6) is 0.255. The first-order chi connectivity index (χ1) is 12.5. The van der Waals surface area contributed by atoms with Gasteiger partial charge in [-0.15, -0.1) is 0 Å². The van der Waals surface area contributed by atoms with Crippen LogP contribution < -0.4 is 5.32 Å². The average Bonchev–Trinajstić information content (AvgIpc) is 3.18. The van der Waals surface area contributed by atoms with Gasteiger partial charge in [-0.25, -0.2) is 0 Å². The number of hydrogen-bond acceptors (Lipinski definition) is 4. The van der Waals surface area contributed by atoms with Crippen LogP contribution in [-0.4, -0.2) is 78.4 Å². The fraction of sp³-hybridized carbons (Fsp3) is 0.579. The lowest BCUT2D eigenvalue weighted by Crippen LogP contribution is -2.54. The van der Waals surface area contributed by atoms with Crippen molar-refractivity contribution in [3.63, 3.8) is 0 Å². The minimum atomic E-state index is -0.185. The van der Waals surface area contributed by atoms with Gasteiger partial charge in [-0.2, -0.15) is 0 Å². The molecule has 3 rings (SSSR count). The number of carbonyl (C=O) groups is 2. The van der Waals surface area contributed by atoms with E-state index in [0.717, 1.165) is 62.3 Å². The Balaban J connectivity index is 1.43. The molecule has 2 fully saturated rings. The van der Waals surface area contributed by atoms with Crippen molar-refractivity contribution in [2.75, 3.05) is 51.1 Å². The molecule has 0 bridgehead atoms. The van der Waals surface area contributed by atoms with Gasteiger partial charge in [-0.05, 0) is 44.0 Å². The normalized spacial score (nSPS) is 20.2. The number of likely N-dealkylation sites (tertiary alicyclic amines) is 1. The third kappa shape index (κ3) is 5.05. The van der Waals surface area contributed by atoms with E-state index in [2.05, 4.69) is 31.0 Å². The van der Waals surface area contributed by atoms with Crippen molar-refractivity contribution >= 4 is 33.4 Å². The number of anilines is 1. The highest BCUT2D eigenvalue weighted by Crippen LogP contribution is 2.16. The summed E-state index contributed by atoms with van der Waals surface area (Å²) in [4.78, 5) is 31.1. The molecular formula is C19H27BrN4O2. The van der Waals surface area contributed by atoms with Gasteiger partial charge in [0.15, 0.2) is 0 Å². The lowest BCUT2D eigenvalue weighted by atomic mass is 10.2. The molecule has 2 heterocycles. The number of nitrogens with zero attached hydrogens (tertiary/aromatic N) is 3. The van der Waals surface area contributed by atoms with Crippen LogP contribution in [0.2, 0.25) is 0 Å². The predicted molar refractivity (Wildman–Crippen MR) is 106 cm³/mol. The first-order valence-electron chi connectivity index (χ1n) is 9.33. The molecule has 2 amide bonds. The molecule has 0 saturated carbocycles. The minimum absolute atomic E-state index is 0.00826. The lowest BCUT2D eigenvalue weighted by molar-refractivity contribution is -0.132. The van der Waals surface area contributed by atoms with E-state index in [9.17, 15) is 9.59 Å². The van der Waals surface area contributed by atoms with Crippen molar-refractivity contribution < 1.29 is 9.59 Å². The highest BCUT2D eigenvalue weighted by atomic mass is 79.9. The van der Waals surface area contributed by atoms with Gasteiger partial charge in [0, 0.05) is 49.4 Å². The van der Waals surface area contributed by atoms with Crippen molar-refractivity contribution in [2.45, 2.75) is 25.8 Å². The summed E-state index contributed by atoms with van der Waals surface area (Å²) in [5, 5.41) is 2.97. The molecule has 1 aromatic rings. The van der Waals surface area contributed by atoms with E-state index in [1.54, 1.807) is 0 Å². The Bertz CT molecular complexity index is 623. The van der Waals surface area contributed by atoms with Gasteiger partial charge in [-0.1, -0.05) is 15.9 Å². The van der Waals surface area contributed by atoms with Gasteiger partial charge in [0.05, 0.1) is 12.6 Å². The number of carbonyl (C=O) groups excluding carboxylic acids is 2. The number of piperazine rings is 1. The van der Waals surface area contributed by atoms with Crippen molar-refractivity contribution in [3.05, 3.63) is 28.7 Å². The summed E-state index contributed by atoms with van der Waals surface area (Å²) in [6.07, 6.45) is 2.26. The average molecular weight is 423 g/mol. The van der Waals surface area contributed by atoms with Crippen molar-refractivity contribution in [1.29, 1.82) is 0 Å². The third-order valence-corrected chi connectivity index (χ3v) is 5.79. The Morgan fingerprint density at radius 2 is 1.65 bits per heavy atom. The molecule has 1 atom stereocenters. The second-order valence-electron chi connectivity index (χ2n) is 7.07. The SMILES string of the molecule is C[C@H](C(=O)Nc1ccc(Br)cc1)N1CCN(CC(=O)N2CCCC2)CC1. The van der Waals surface area contributed by atoms with Gasteiger partial charge in [0.2, 0.25) is 11.8 Å². The molecule has 2 aliphatic heterocycles. The summed E-state index contributed by atoms with van der Waals surface area (Å²) in [6.45, 7) is 7.54. The maximum absolute atomic E-state index is 12.5. The molecule has 2 aliphatic rings. The summed E-state index contributed by atoms with van der Waals surface area (Å²) in [7, 11) is 0. The molecule has 1 N–H and O–H groups in total. The minimum Gasteiger partial charge on any atom is -0.342 e. The quantitative estimate of drug-likeness (QED) is 0.788. The topological polar surface area (TPSA) is 55.9 Å². The molecule has 6 nitrogen and oxygen atoms in total. The van der Waals surface area contributed by atoms with Gasteiger partial charge in [0.1, 0.15) is 0 Å².